The molecule has 120 valence electrons. The molecule has 2 amide bonds. The Kier molecular flexibility index (Phi) is 5.99. The summed E-state index contributed by atoms with van der Waals surface area (Å²) >= 11 is 3.39. The second kappa shape index (κ2) is 8.19. The minimum Gasteiger partial charge on any atom is -0.493 e. The van der Waals surface area contributed by atoms with Gasteiger partial charge in [0.2, 0.25) is 0 Å². The Balaban J connectivity index is 2.05. The summed E-state index contributed by atoms with van der Waals surface area (Å²) in [5.74, 6) is 1.19. The summed E-state index contributed by atoms with van der Waals surface area (Å²) in [7, 11) is 1.56. The molecule has 0 aliphatic heterocycles. The Labute approximate surface area is 142 Å². The first-order chi connectivity index (χ1) is 11.1. The topological polar surface area (TPSA) is 85.9 Å². The molecule has 0 saturated heterocycles. The SMILES string of the molecule is COc1cc(/C=N/NC(N)=O)ccc1OCc1ccc(Br)cc1. The van der Waals surface area contributed by atoms with Crippen LogP contribution >= 0.6 is 15.9 Å². The fourth-order valence-electron chi connectivity index (χ4n) is 1.80. The summed E-state index contributed by atoms with van der Waals surface area (Å²) < 4.78 is 12.1. The normalized spacial score (nSPS) is 10.5. The number of hydrogen-bond acceptors (Lipinski definition) is 4. The van der Waals surface area contributed by atoms with Crippen LogP contribution in [0.15, 0.2) is 52.0 Å². The van der Waals surface area contributed by atoms with Crippen LogP contribution in [-0.4, -0.2) is 19.4 Å². The molecule has 0 bridgehead atoms. The number of hydrogen-bond donors (Lipinski definition) is 2. The molecule has 6 nitrogen and oxygen atoms in total. The molecule has 0 heterocycles. The number of hydrazone groups is 1. The van der Waals surface area contributed by atoms with Gasteiger partial charge < -0.3 is 15.2 Å². The van der Waals surface area contributed by atoms with Gasteiger partial charge in [-0.05, 0) is 41.5 Å². The van der Waals surface area contributed by atoms with E-state index in [0.29, 0.717) is 18.1 Å². The number of amides is 2. The Morgan fingerprint density at radius 1 is 1.26 bits per heavy atom. The molecule has 23 heavy (non-hydrogen) atoms. The lowest BCUT2D eigenvalue weighted by atomic mass is 10.2. The van der Waals surface area contributed by atoms with Crippen LogP contribution in [0.2, 0.25) is 0 Å². The summed E-state index contributed by atoms with van der Waals surface area (Å²) in [6, 6.07) is 12.5. The van der Waals surface area contributed by atoms with Crippen molar-refractivity contribution in [2.24, 2.45) is 10.8 Å². The molecule has 0 radical (unpaired) electrons. The molecule has 2 aromatic rings. The number of carbonyl (C=O) groups is 1. The van der Waals surface area contributed by atoms with E-state index in [9.17, 15) is 4.79 Å². The van der Waals surface area contributed by atoms with Crippen molar-refractivity contribution in [3.05, 3.63) is 58.1 Å². The van der Waals surface area contributed by atoms with Crippen LogP contribution in [0.3, 0.4) is 0 Å². The number of urea groups is 1. The van der Waals surface area contributed by atoms with Crippen LogP contribution in [0.4, 0.5) is 4.79 Å². The van der Waals surface area contributed by atoms with E-state index in [0.717, 1.165) is 15.6 Å². The number of ether oxygens (including phenoxy) is 2. The zero-order valence-corrected chi connectivity index (χ0v) is 14.0. The number of nitrogens with one attached hydrogen (secondary N) is 1. The van der Waals surface area contributed by atoms with Gasteiger partial charge in [-0.25, -0.2) is 10.2 Å². The van der Waals surface area contributed by atoms with Crippen molar-refractivity contribution in [1.82, 2.24) is 5.43 Å². The van der Waals surface area contributed by atoms with Crippen molar-refractivity contribution in [1.29, 1.82) is 0 Å². The van der Waals surface area contributed by atoms with Crippen LogP contribution in [0.5, 0.6) is 11.5 Å². The number of nitrogens with zero attached hydrogens (tertiary/aromatic N) is 1. The minimum absolute atomic E-state index is 0.431. The molecule has 0 aromatic heterocycles. The number of benzene rings is 2. The average Bonchev–Trinajstić information content (AvgIpc) is 2.54. The minimum atomic E-state index is -0.720. The third-order valence-corrected chi connectivity index (χ3v) is 3.41. The van der Waals surface area contributed by atoms with Crippen molar-refractivity contribution < 1.29 is 14.3 Å². The fraction of sp³-hybridized carbons (Fsp3) is 0.125. The largest absolute Gasteiger partial charge is 0.493 e. The molecule has 0 aliphatic rings. The zero-order chi connectivity index (χ0) is 16.7. The van der Waals surface area contributed by atoms with Crippen molar-refractivity contribution >= 4 is 28.2 Å². The molecule has 3 N–H and O–H groups in total. The summed E-state index contributed by atoms with van der Waals surface area (Å²) in [5, 5.41) is 3.70. The molecular weight excluding hydrogens is 362 g/mol. The Hall–Kier alpha value is -2.54. The molecule has 0 fully saturated rings. The molecule has 0 atom stereocenters. The van der Waals surface area contributed by atoms with E-state index in [2.05, 4.69) is 26.5 Å². The van der Waals surface area contributed by atoms with Gasteiger partial charge in [-0.1, -0.05) is 28.1 Å². The van der Waals surface area contributed by atoms with Crippen LogP contribution in [0, 0.1) is 0 Å². The molecule has 0 unspecified atom stereocenters. The molecule has 7 heteroatoms. The van der Waals surface area contributed by atoms with Gasteiger partial charge in [0.05, 0.1) is 13.3 Å². The maximum absolute atomic E-state index is 10.6. The maximum Gasteiger partial charge on any atom is 0.332 e. The molecule has 0 saturated carbocycles. The first kappa shape index (κ1) is 16.8. The van der Waals surface area contributed by atoms with Gasteiger partial charge in [0.1, 0.15) is 6.61 Å². The zero-order valence-electron chi connectivity index (χ0n) is 12.5. The van der Waals surface area contributed by atoms with E-state index in [1.165, 1.54) is 6.21 Å². The average molecular weight is 378 g/mol. The third kappa shape index (κ3) is 5.30. The third-order valence-electron chi connectivity index (χ3n) is 2.88. The van der Waals surface area contributed by atoms with Crippen LogP contribution in [0.25, 0.3) is 0 Å². The Bertz CT molecular complexity index is 702. The van der Waals surface area contributed by atoms with Crippen LogP contribution in [-0.2, 0) is 6.61 Å². The van der Waals surface area contributed by atoms with Crippen LogP contribution in [0.1, 0.15) is 11.1 Å². The predicted octanol–water partition coefficient (Wildman–Crippen LogP) is 3.04. The maximum atomic E-state index is 10.6. The monoisotopic (exact) mass is 377 g/mol. The van der Waals surface area contributed by atoms with Crippen molar-refractivity contribution in [2.75, 3.05) is 7.11 Å². The van der Waals surface area contributed by atoms with Crippen molar-refractivity contribution in [2.45, 2.75) is 6.61 Å². The van der Waals surface area contributed by atoms with Gasteiger partial charge in [-0.15, -0.1) is 0 Å². The molecule has 0 aliphatic carbocycles. The molecule has 0 spiro atoms. The lowest BCUT2D eigenvalue weighted by molar-refractivity contribution is 0.249. The van der Waals surface area contributed by atoms with Gasteiger partial charge in [0, 0.05) is 4.47 Å². The summed E-state index contributed by atoms with van der Waals surface area (Å²) in [6.07, 6.45) is 1.46. The molecule has 2 rings (SSSR count). The van der Waals surface area contributed by atoms with Gasteiger partial charge >= 0.3 is 6.03 Å². The number of rotatable bonds is 6. The van der Waals surface area contributed by atoms with Crippen molar-refractivity contribution in [3.8, 4) is 11.5 Å². The fourth-order valence-corrected chi connectivity index (χ4v) is 2.06. The highest BCUT2D eigenvalue weighted by atomic mass is 79.9. The second-order valence-corrected chi connectivity index (χ2v) is 5.48. The number of primary amides is 1. The number of methoxy groups -OCH3 is 1. The van der Waals surface area contributed by atoms with E-state index in [-0.39, 0.29) is 0 Å². The first-order valence-electron chi connectivity index (χ1n) is 6.72. The lowest BCUT2D eigenvalue weighted by Crippen LogP contribution is -2.24. The standard InChI is InChI=1S/C16H16BrN3O3/c1-22-15-8-12(9-19-20-16(18)21)4-7-14(15)23-10-11-2-5-13(17)6-3-11/h2-9H,10H2,1H3,(H3,18,20,21)/b19-9+. The van der Waals surface area contributed by atoms with E-state index in [4.69, 9.17) is 15.2 Å². The van der Waals surface area contributed by atoms with Gasteiger partial charge in [-0.2, -0.15) is 5.10 Å². The van der Waals surface area contributed by atoms with Gasteiger partial charge in [-0.3, -0.25) is 0 Å². The van der Waals surface area contributed by atoms with Gasteiger partial charge in [0.15, 0.2) is 11.5 Å². The number of carbonyl (C=O) groups excluding carboxylic acids is 1. The molecule has 2 aromatic carbocycles. The highest BCUT2D eigenvalue weighted by Crippen LogP contribution is 2.28. The van der Waals surface area contributed by atoms with E-state index in [1.54, 1.807) is 25.3 Å². The van der Waals surface area contributed by atoms with Gasteiger partial charge in [0.25, 0.3) is 0 Å². The van der Waals surface area contributed by atoms with E-state index < -0.39 is 6.03 Å². The summed E-state index contributed by atoms with van der Waals surface area (Å²) in [4.78, 5) is 10.6. The van der Waals surface area contributed by atoms with Crippen molar-refractivity contribution in [3.63, 3.8) is 0 Å². The Morgan fingerprint density at radius 3 is 2.65 bits per heavy atom. The Morgan fingerprint density at radius 2 is 2.00 bits per heavy atom. The number of nitrogens with two attached hydrogens (primary N) is 1. The van der Waals surface area contributed by atoms with Crippen LogP contribution < -0.4 is 20.6 Å². The first-order valence-corrected chi connectivity index (χ1v) is 7.51. The number of halogens is 1. The highest BCUT2D eigenvalue weighted by Gasteiger charge is 2.05. The smallest absolute Gasteiger partial charge is 0.332 e. The summed E-state index contributed by atoms with van der Waals surface area (Å²) in [5.41, 5.74) is 8.85. The van der Waals surface area contributed by atoms with E-state index in [1.807, 2.05) is 24.3 Å². The predicted molar refractivity (Wildman–Crippen MR) is 91.8 cm³/mol. The highest BCUT2D eigenvalue weighted by molar-refractivity contribution is 9.10. The second-order valence-electron chi connectivity index (χ2n) is 4.56. The lowest BCUT2D eigenvalue weighted by Gasteiger charge is -2.11. The quantitative estimate of drug-likeness (QED) is 0.599. The molecular formula is C16H16BrN3O3. The summed E-state index contributed by atoms with van der Waals surface area (Å²) in [6.45, 7) is 0.431. The van der Waals surface area contributed by atoms with E-state index >= 15 is 0 Å².